The van der Waals surface area contributed by atoms with Crippen molar-refractivity contribution in [1.29, 1.82) is 0 Å². The van der Waals surface area contributed by atoms with Gasteiger partial charge in [-0.25, -0.2) is 8.78 Å². The lowest BCUT2D eigenvalue weighted by molar-refractivity contribution is 0.326. The largest absolute Gasteiger partial charge is 0.382 e. The Balaban J connectivity index is 2.02. The fourth-order valence-corrected chi connectivity index (χ4v) is 1.39. The Morgan fingerprint density at radius 2 is 2.14 bits per heavy atom. The molecule has 1 N–H and O–H groups in total. The van der Waals surface area contributed by atoms with Crippen LogP contribution in [0.2, 0.25) is 0 Å². The van der Waals surface area contributed by atoms with Crippen LogP contribution in [-0.4, -0.2) is 12.2 Å². The number of aryl methyl sites for hydroxylation is 1. The lowest BCUT2D eigenvalue weighted by Crippen LogP contribution is -2.16. The number of hydrogen-bond donors (Lipinski definition) is 1. The maximum absolute atomic E-state index is 13.3. The maximum Gasteiger partial charge on any atom is 0.128 e. The molecule has 1 aromatic carbocycles. The molecule has 1 aliphatic rings. The van der Waals surface area contributed by atoms with E-state index in [1.165, 1.54) is 12.1 Å². The van der Waals surface area contributed by atoms with Crippen molar-refractivity contribution in [3.05, 3.63) is 29.6 Å². The summed E-state index contributed by atoms with van der Waals surface area (Å²) in [6, 6.07) is 4.48. The lowest BCUT2D eigenvalue weighted by atomic mass is 10.2. The zero-order chi connectivity index (χ0) is 10.2. The van der Waals surface area contributed by atoms with Crippen molar-refractivity contribution in [2.75, 3.05) is 11.9 Å². The van der Waals surface area contributed by atoms with Crippen molar-refractivity contribution in [2.24, 2.45) is 0 Å². The van der Waals surface area contributed by atoms with Gasteiger partial charge < -0.3 is 5.32 Å². The number of hydrogen-bond acceptors (Lipinski definition) is 1. The van der Waals surface area contributed by atoms with Gasteiger partial charge in [-0.2, -0.15) is 0 Å². The van der Waals surface area contributed by atoms with Gasteiger partial charge in [0, 0.05) is 12.2 Å². The molecule has 14 heavy (non-hydrogen) atoms. The summed E-state index contributed by atoms with van der Waals surface area (Å²) in [5.41, 5.74) is 0.616. The first-order chi connectivity index (χ1) is 6.59. The van der Waals surface area contributed by atoms with Gasteiger partial charge in [-0.3, -0.25) is 0 Å². The van der Waals surface area contributed by atoms with Gasteiger partial charge in [0.25, 0.3) is 0 Å². The van der Waals surface area contributed by atoms with Crippen LogP contribution in [0.4, 0.5) is 14.5 Å². The Morgan fingerprint density at radius 3 is 2.71 bits per heavy atom. The Morgan fingerprint density at radius 1 is 1.43 bits per heavy atom. The molecule has 0 heterocycles. The van der Waals surface area contributed by atoms with Crippen molar-refractivity contribution < 1.29 is 8.78 Å². The topological polar surface area (TPSA) is 12.0 Å². The second-order valence-electron chi connectivity index (χ2n) is 3.96. The molecule has 1 nitrogen and oxygen atoms in total. The molecule has 1 fully saturated rings. The smallest absolute Gasteiger partial charge is 0.128 e. The van der Waals surface area contributed by atoms with Crippen LogP contribution in [0.15, 0.2) is 18.2 Å². The zero-order valence-corrected chi connectivity index (χ0v) is 8.11. The molecule has 0 spiro atoms. The molecule has 1 aliphatic carbocycles. The molecule has 0 amide bonds. The van der Waals surface area contributed by atoms with Crippen molar-refractivity contribution in [2.45, 2.75) is 25.4 Å². The number of anilines is 1. The Labute approximate surface area is 82.1 Å². The third-order valence-electron chi connectivity index (χ3n) is 2.58. The molecule has 0 aliphatic heterocycles. The van der Waals surface area contributed by atoms with Crippen LogP contribution in [0.5, 0.6) is 0 Å². The molecule has 2 rings (SSSR count). The Bertz CT molecular complexity index is 345. The monoisotopic (exact) mass is 197 g/mol. The first-order valence-corrected chi connectivity index (χ1v) is 4.78. The highest BCUT2D eigenvalue weighted by atomic mass is 19.1. The summed E-state index contributed by atoms with van der Waals surface area (Å²) in [5, 5.41) is 3.00. The van der Waals surface area contributed by atoms with E-state index in [1.807, 2.05) is 6.92 Å². The van der Waals surface area contributed by atoms with Crippen LogP contribution in [-0.2, 0) is 0 Å². The molecule has 76 valence electrons. The molecule has 0 saturated heterocycles. The van der Waals surface area contributed by atoms with Gasteiger partial charge in [0.15, 0.2) is 0 Å². The van der Waals surface area contributed by atoms with Gasteiger partial charge in [-0.05, 0) is 43.5 Å². The fraction of sp³-hybridized carbons (Fsp3) is 0.455. The van der Waals surface area contributed by atoms with Crippen molar-refractivity contribution in [1.82, 2.24) is 0 Å². The van der Waals surface area contributed by atoms with Crippen LogP contribution in [0, 0.1) is 12.7 Å². The molecule has 1 aromatic rings. The third-order valence-corrected chi connectivity index (χ3v) is 2.58. The molecular formula is C11H13F2N. The van der Waals surface area contributed by atoms with Gasteiger partial charge in [0.1, 0.15) is 11.5 Å². The summed E-state index contributed by atoms with van der Waals surface area (Å²) >= 11 is 0. The molecule has 0 aromatic heterocycles. The number of rotatable bonds is 3. The van der Waals surface area contributed by atoms with Crippen LogP contribution >= 0.6 is 0 Å². The number of halogens is 2. The van der Waals surface area contributed by atoms with E-state index in [4.69, 9.17) is 0 Å². The van der Waals surface area contributed by atoms with E-state index in [1.54, 1.807) is 6.07 Å². The minimum Gasteiger partial charge on any atom is -0.382 e. The average Bonchev–Trinajstić information content (AvgIpc) is 2.83. The first-order valence-electron chi connectivity index (χ1n) is 4.78. The highest BCUT2D eigenvalue weighted by Crippen LogP contribution is 2.39. The summed E-state index contributed by atoms with van der Waals surface area (Å²) in [4.78, 5) is 0. The van der Waals surface area contributed by atoms with E-state index in [-0.39, 0.29) is 5.82 Å². The van der Waals surface area contributed by atoms with Gasteiger partial charge in [0.2, 0.25) is 0 Å². The summed E-state index contributed by atoms with van der Waals surface area (Å²) in [5.74, 6) is -0.255. The second-order valence-corrected chi connectivity index (χ2v) is 3.96. The molecule has 0 bridgehead atoms. The lowest BCUT2D eigenvalue weighted by Gasteiger charge is -2.11. The predicted octanol–water partition coefficient (Wildman–Crippen LogP) is 3.05. The number of nitrogens with one attached hydrogen (secondary N) is 1. The van der Waals surface area contributed by atoms with Crippen LogP contribution < -0.4 is 5.32 Å². The number of benzene rings is 1. The summed E-state index contributed by atoms with van der Waals surface area (Å²) < 4.78 is 26.0. The molecule has 0 radical (unpaired) electrons. The maximum atomic E-state index is 13.3. The highest BCUT2D eigenvalue weighted by molar-refractivity contribution is 5.51. The normalized spacial score (nSPS) is 17.9. The van der Waals surface area contributed by atoms with Gasteiger partial charge in [0.05, 0.1) is 0 Å². The van der Waals surface area contributed by atoms with Crippen molar-refractivity contribution in [3.8, 4) is 0 Å². The molecule has 0 atom stereocenters. The zero-order valence-electron chi connectivity index (χ0n) is 8.11. The Kier molecular flexibility index (Phi) is 2.17. The van der Waals surface area contributed by atoms with E-state index in [0.29, 0.717) is 19.4 Å². The van der Waals surface area contributed by atoms with Crippen molar-refractivity contribution in [3.63, 3.8) is 0 Å². The molecular weight excluding hydrogens is 184 g/mol. The van der Waals surface area contributed by atoms with Crippen LogP contribution in [0.25, 0.3) is 0 Å². The molecule has 1 saturated carbocycles. The van der Waals surface area contributed by atoms with Crippen LogP contribution in [0.1, 0.15) is 18.4 Å². The second kappa shape index (κ2) is 3.23. The summed E-state index contributed by atoms with van der Waals surface area (Å²) in [6.45, 7) is 2.14. The summed E-state index contributed by atoms with van der Waals surface area (Å²) in [7, 11) is 0. The minimum absolute atomic E-state index is 0.255. The van der Waals surface area contributed by atoms with E-state index in [2.05, 4.69) is 5.32 Å². The van der Waals surface area contributed by atoms with E-state index in [0.717, 1.165) is 11.3 Å². The minimum atomic E-state index is -1.01. The van der Waals surface area contributed by atoms with Gasteiger partial charge in [-0.1, -0.05) is 0 Å². The standard InChI is InChI=1S/C11H13F2N/c1-8-6-9(12)2-3-10(8)14-7-11(13)4-5-11/h2-3,6,14H,4-5,7H2,1H3. The van der Waals surface area contributed by atoms with E-state index in [9.17, 15) is 8.78 Å². The van der Waals surface area contributed by atoms with Gasteiger partial charge in [-0.15, -0.1) is 0 Å². The Hall–Kier alpha value is -1.12. The first kappa shape index (κ1) is 9.44. The van der Waals surface area contributed by atoms with Gasteiger partial charge >= 0.3 is 0 Å². The molecule has 3 heteroatoms. The van der Waals surface area contributed by atoms with Crippen LogP contribution in [0.3, 0.4) is 0 Å². The SMILES string of the molecule is Cc1cc(F)ccc1NCC1(F)CC1. The number of alkyl halides is 1. The quantitative estimate of drug-likeness (QED) is 0.785. The predicted molar refractivity (Wildman–Crippen MR) is 52.7 cm³/mol. The highest BCUT2D eigenvalue weighted by Gasteiger charge is 2.42. The summed E-state index contributed by atoms with van der Waals surface area (Å²) in [6.07, 6.45) is 1.28. The van der Waals surface area contributed by atoms with E-state index >= 15 is 0 Å². The average molecular weight is 197 g/mol. The fourth-order valence-electron chi connectivity index (χ4n) is 1.39. The van der Waals surface area contributed by atoms with Crippen molar-refractivity contribution >= 4 is 5.69 Å². The third kappa shape index (κ3) is 2.03. The molecule has 0 unspecified atom stereocenters. The van der Waals surface area contributed by atoms with E-state index < -0.39 is 5.67 Å².